The minimum Gasteiger partial charge on any atom is -0.486 e. The first-order valence-electron chi connectivity index (χ1n) is 10.2. The fourth-order valence-corrected chi connectivity index (χ4v) is 5.01. The second-order valence-corrected chi connectivity index (χ2v) is 9.40. The lowest BCUT2D eigenvalue weighted by Gasteiger charge is -2.22. The highest BCUT2D eigenvalue weighted by Crippen LogP contribution is 2.33. The van der Waals surface area contributed by atoms with E-state index in [-0.39, 0.29) is 12.0 Å². The number of benzene rings is 2. The largest absolute Gasteiger partial charge is 0.486 e. The Bertz CT molecular complexity index is 913. The summed E-state index contributed by atoms with van der Waals surface area (Å²) in [6.07, 6.45) is 8.56. The predicted molar refractivity (Wildman–Crippen MR) is 124 cm³/mol. The third-order valence-corrected chi connectivity index (χ3v) is 6.78. The van der Waals surface area contributed by atoms with E-state index in [2.05, 4.69) is 36.5 Å². The van der Waals surface area contributed by atoms with Crippen molar-refractivity contribution in [3.8, 4) is 5.75 Å². The summed E-state index contributed by atoms with van der Waals surface area (Å²) in [5.74, 6) is 1.41. The number of carbonyl (C=O) groups excluding carboxylic acids is 1. The first kappa shape index (κ1) is 20.2. The van der Waals surface area contributed by atoms with Gasteiger partial charge in [0, 0.05) is 0 Å². The van der Waals surface area contributed by atoms with Gasteiger partial charge in [0.1, 0.15) is 16.2 Å². The molecule has 0 radical (unpaired) electrons. The van der Waals surface area contributed by atoms with E-state index >= 15 is 0 Å². The number of thioether (sulfide) groups is 1. The van der Waals surface area contributed by atoms with Gasteiger partial charge in [-0.3, -0.25) is 4.79 Å². The Morgan fingerprint density at radius 1 is 1.07 bits per heavy atom. The predicted octanol–water partition coefficient (Wildman–Crippen LogP) is 6.36. The molecule has 2 aromatic carbocycles. The molecule has 3 nitrogen and oxygen atoms in total. The van der Waals surface area contributed by atoms with Gasteiger partial charge in [-0.1, -0.05) is 79.6 Å². The number of rotatable bonds is 5. The van der Waals surface area contributed by atoms with Crippen LogP contribution in [0.5, 0.6) is 5.75 Å². The molecule has 5 heteroatoms. The van der Waals surface area contributed by atoms with Gasteiger partial charge in [0.25, 0.3) is 5.91 Å². The lowest BCUT2D eigenvalue weighted by atomic mass is 9.84. The summed E-state index contributed by atoms with van der Waals surface area (Å²) in [5, 5.41) is 2.63. The quantitative estimate of drug-likeness (QED) is 0.448. The van der Waals surface area contributed by atoms with Crippen LogP contribution in [-0.2, 0) is 4.79 Å². The van der Waals surface area contributed by atoms with Crippen molar-refractivity contribution in [2.45, 2.75) is 51.0 Å². The van der Waals surface area contributed by atoms with Crippen LogP contribution in [-0.4, -0.2) is 10.2 Å². The Balaban J connectivity index is 1.38. The van der Waals surface area contributed by atoms with Crippen molar-refractivity contribution in [2.75, 3.05) is 0 Å². The summed E-state index contributed by atoms with van der Waals surface area (Å²) in [6, 6.07) is 16.7. The van der Waals surface area contributed by atoms with Crippen molar-refractivity contribution >= 4 is 40.3 Å². The van der Waals surface area contributed by atoms with Crippen LogP contribution >= 0.6 is 24.0 Å². The van der Waals surface area contributed by atoms with Crippen LogP contribution in [0.2, 0.25) is 0 Å². The maximum Gasteiger partial charge on any atom is 0.263 e. The molecule has 1 saturated carbocycles. The van der Waals surface area contributed by atoms with Crippen molar-refractivity contribution in [3.05, 3.63) is 70.1 Å². The number of amides is 1. The van der Waals surface area contributed by atoms with Gasteiger partial charge >= 0.3 is 0 Å². The fourth-order valence-electron chi connectivity index (χ4n) is 3.96. The molecule has 4 rings (SSSR count). The Morgan fingerprint density at radius 3 is 2.38 bits per heavy atom. The van der Waals surface area contributed by atoms with Crippen LogP contribution in [0.1, 0.15) is 67.7 Å². The number of thiocarbonyl (C=S) groups is 1. The molecular weight excluding hydrogens is 398 g/mol. The first-order chi connectivity index (χ1) is 14.1. The Labute approximate surface area is 181 Å². The SMILES string of the molecule is CC(Oc1ccc(/C=C2/SC(=S)NC2=O)cc1)c1ccc(C2CCCCC2)cc1. The van der Waals surface area contributed by atoms with Crippen molar-refractivity contribution < 1.29 is 9.53 Å². The second kappa shape index (κ2) is 9.14. The summed E-state index contributed by atoms with van der Waals surface area (Å²) in [7, 11) is 0. The van der Waals surface area contributed by atoms with E-state index in [0.29, 0.717) is 9.23 Å². The molecule has 1 unspecified atom stereocenters. The van der Waals surface area contributed by atoms with Crippen molar-refractivity contribution in [2.24, 2.45) is 0 Å². The van der Waals surface area contributed by atoms with Crippen molar-refractivity contribution in [1.29, 1.82) is 0 Å². The first-order valence-corrected chi connectivity index (χ1v) is 11.4. The van der Waals surface area contributed by atoms with Crippen molar-refractivity contribution in [3.63, 3.8) is 0 Å². The van der Waals surface area contributed by atoms with Gasteiger partial charge in [-0.15, -0.1) is 0 Å². The third kappa shape index (κ3) is 5.09. The summed E-state index contributed by atoms with van der Waals surface area (Å²) in [4.78, 5) is 12.4. The molecule has 2 aliphatic rings. The topological polar surface area (TPSA) is 38.3 Å². The average Bonchev–Trinajstić information content (AvgIpc) is 3.07. The molecule has 1 heterocycles. The molecule has 1 amide bonds. The van der Waals surface area contributed by atoms with Gasteiger partial charge in [-0.05, 0) is 60.6 Å². The molecule has 1 aliphatic heterocycles. The highest BCUT2D eigenvalue weighted by molar-refractivity contribution is 8.26. The van der Waals surface area contributed by atoms with Crippen LogP contribution in [0.25, 0.3) is 6.08 Å². The monoisotopic (exact) mass is 423 g/mol. The lowest BCUT2D eigenvalue weighted by molar-refractivity contribution is -0.115. The fraction of sp³-hybridized carbons (Fsp3) is 0.333. The zero-order chi connectivity index (χ0) is 20.2. The molecular formula is C24H25NO2S2. The molecule has 0 aromatic heterocycles. The molecule has 150 valence electrons. The number of carbonyl (C=O) groups is 1. The zero-order valence-electron chi connectivity index (χ0n) is 16.5. The number of hydrogen-bond acceptors (Lipinski definition) is 4. The van der Waals surface area contributed by atoms with E-state index in [9.17, 15) is 4.79 Å². The van der Waals surface area contributed by atoms with Crippen molar-refractivity contribution in [1.82, 2.24) is 5.32 Å². The minimum absolute atomic E-state index is 0.0202. The van der Waals surface area contributed by atoms with Gasteiger partial charge in [-0.25, -0.2) is 0 Å². The van der Waals surface area contributed by atoms with Crippen LogP contribution in [0.3, 0.4) is 0 Å². The number of hydrogen-bond donors (Lipinski definition) is 1. The summed E-state index contributed by atoms with van der Waals surface area (Å²) in [6.45, 7) is 2.08. The van der Waals surface area contributed by atoms with Crippen LogP contribution in [0, 0.1) is 0 Å². The summed E-state index contributed by atoms with van der Waals surface area (Å²) < 4.78 is 6.63. The molecule has 2 aromatic rings. The van der Waals surface area contributed by atoms with E-state index in [1.54, 1.807) is 0 Å². The number of nitrogens with one attached hydrogen (secondary N) is 1. The van der Waals surface area contributed by atoms with Gasteiger partial charge in [0.15, 0.2) is 0 Å². The van der Waals surface area contributed by atoms with Crippen LogP contribution in [0.15, 0.2) is 53.4 Å². The molecule has 0 spiro atoms. The van der Waals surface area contributed by atoms with E-state index in [4.69, 9.17) is 17.0 Å². The molecule has 1 N–H and O–H groups in total. The summed E-state index contributed by atoms with van der Waals surface area (Å²) in [5.41, 5.74) is 3.60. The molecule has 1 aliphatic carbocycles. The highest BCUT2D eigenvalue weighted by atomic mass is 32.2. The third-order valence-electron chi connectivity index (χ3n) is 5.62. The normalized spacial score (nSPS) is 20.0. The van der Waals surface area contributed by atoms with E-state index < -0.39 is 0 Å². The minimum atomic E-state index is -0.134. The zero-order valence-corrected chi connectivity index (χ0v) is 18.2. The van der Waals surface area contributed by atoms with Crippen LogP contribution < -0.4 is 10.1 Å². The molecule has 29 heavy (non-hydrogen) atoms. The lowest BCUT2D eigenvalue weighted by Crippen LogP contribution is -2.17. The molecule has 1 atom stereocenters. The molecule has 0 bridgehead atoms. The van der Waals surface area contributed by atoms with Gasteiger partial charge in [-0.2, -0.15) is 0 Å². The van der Waals surface area contributed by atoms with Gasteiger partial charge in [0.05, 0.1) is 4.91 Å². The maximum atomic E-state index is 11.8. The second-order valence-electron chi connectivity index (χ2n) is 7.68. The summed E-state index contributed by atoms with van der Waals surface area (Å²) >= 11 is 6.31. The standard InChI is InChI=1S/C24H25NO2S2/c1-16(18-9-11-20(12-10-18)19-5-3-2-4-6-19)27-21-13-7-17(8-14-21)15-22-23(26)25-24(28)29-22/h7-16,19H,2-6H2,1H3,(H,25,26,28)/b22-15+. The molecule has 1 saturated heterocycles. The highest BCUT2D eigenvalue weighted by Gasteiger charge is 2.22. The molecule has 2 fully saturated rings. The van der Waals surface area contributed by atoms with E-state index in [1.165, 1.54) is 55.0 Å². The smallest absolute Gasteiger partial charge is 0.263 e. The maximum absolute atomic E-state index is 11.8. The Kier molecular flexibility index (Phi) is 6.36. The average molecular weight is 424 g/mol. The van der Waals surface area contributed by atoms with Gasteiger partial charge < -0.3 is 10.1 Å². The Hall–Kier alpha value is -2.11. The number of ether oxygens (including phenoxy) is 1. The Morgan fingerprint density at radius 2 is 1.76 bits per heavy atom. The van der Waals surface area contributed by atoms with E-state index in [0.717, 1.165) is 17.2 Å². The van der Waals surface area contributed by atoms with Crippen LogP contribution in [0.4, 0.5) is 0 Å². The van der Waals surface area contributed by atoms with Gasteiger partial charge in [0.2, 0.25) is 0 Å². The van der Waals surface area contributed by atoms with E-state index in [1.807, 2.05) is 30.3 Å².